The van der Waals surface area contributed by atoms with Crippen molar-refractivity contribution in [2.45, 2.75) is 13.5 Å². The van der Waals surface area contributed by atoms with Crippen molar-refractivity contribution in [3.05, 3.63) is 50.3 Å². The first kappa shape index (κ1) is 13.2. The van der Waals surface area contributed by atoms with Gasteiger partial charge in [0.15, 0.2) is 4.67 Å². The number of nitrogens with zero attached hydrogens (tertiary/aromatic N) is 1. The lowest BCUT2D eigenvalue weighted by Crippen LogP contribution is -2.00. The van der Waals surface area contributed by atoms with Gasteiger partial charge in [-0.1, -0.05) is 6.07 Å². The van der Waals surface area contributed by atoms with E-state index in [0.717, 1.165) is 21.5 Å². The van der Waals surface area contributed by atoms with Gasteiger partial charge in [-0.25, -0.2) is 0 Å². The lowest BCUT2D eigenvalue weighted by atomic mass is 10.1. The third-order valence-corrected chi connectivity index (χ3v) is 4.23. The maximum atomic E-state index is 8.87. The summed E-state index contributed by atoms with van der Waals surface area (Å²) in [4.78, 5) is 0. The van der Waals surface area contributed by atoms with E-state index in [2.05, 4.69) is 43.2 Å². The van der Waals surface area contributed by atoms with Crippen molar-refractivity contribution < 1.29 is 4.42 Å². The zero-order chi connectivity index (χ0) is 13.1. The van der Waals surface area contributed by atoms with E-state index in [0.29, 0.717) is 16.8 Å². The Morgan fingerprint density at radius 2 is 2.11 bits per heavy atom. The SMILES string of the molecule is Cc1ccc(C#N)cc1NCc1cc(Br)c(Br)o1. The first-order chi connectivity index (χ1) is 8.60. The minimum atomic E-state index is 0.569. The molecule has 0 aliphatic carbocycles. The minimum absolute atomic E-state index is 0.569. The Kier molecular flexibility index (Phi) is 4.10. The summed E-state index contributed by atoms with van der Waals surface area (Å²) in [6, 6.07) is 9.60. The number of nitriles is 1. The van der Waals surface area contributed by atoms with Crippen molar-refractivity contribution in [3.8, 4) is 6.07 Å². The van der Waals surface area contributed by atoms with Crippen molar-refractivity contribution in [1.29, 1.82) is 5.26 Å². The number of aryl methyl sites for hydroxylation is 1. The van der Waals surface area contributed by atoms with Gasteiger partial charge in [-0.3, -0.25) is 0 Å². The molecule has 0 atom stereocenters. The molecule has 0 saturated heterocycles. The van der Waals surface area contributed by atoms with E-state index < -0.39 is 0 Å². The summed E-state index contributed by atoms with van der Waals surface area (Å²) in [5.74, 6) is 0.815. The molecule has 1 N–H and O–H groups in total. The predicted octanol–water partition coefficient (Wildman–Crippen LogP) is 4.60. The summed E-state index contributed by atoms with van der Waals surface area (Å²) in [7, 11) is 0. The van der Waals surface area contributed by atoms with Crippen LogP contribution < -0.4 is 5.32 Å². The molecule has 0 bridgehead atoms. The average Bonchev–Trinajstić information content (AvgIpc) is 2.68. The molecule has 0 fully saturated rings. The van der Waals surface area contributed by atoms with Crippen LogP contribution in [0.3, 0.4) is 0 Å². The maximum absolute atomic E-state index is 8.87. The summed E-state index contributed by atoms with van der Waals surface area (Å²) in [5.41, 5.74) is 2.68. The molecule has 1 aromatic carbocycles. The Morgan fingerprint density at radius 1 is 1.33 bits per heavy atom. The molecule has 92 valence electrons. The van der Waals surface area contributed by atoms with Gasteiger partial charge in [-0.2, -0.15) is 5.26 Å². The van der Waals surface area contributed by atoms with E-state index in [1.807, 2.05) is 25.1 Å². The Bertz CT molecular complexity index is 594. The lowest BCUT2D eigenvalue weighted by Gasteiger charge is -2.08. The second kappa shape index (κ2) is 5.59. The molecule has 1 heterocycles. The van der Waals surface area contributed by atoms with E-state index in [-0.39, 0.29) is 0 Å². The smallest absolute Gasteiger partial charge is 0.183 e. The van der Waals surface area contributed by atoms with E-state index in [4.69, 9.17) is 9.68 Å². The largest absolute Gasteiger partial charge is 0.451 e. The van der Waals surface area contributed by atoms with Crippen LogP contribution in [-0.2, 0) is 6.54 Å². The van der Waals surface area contributed by atoms with E-state index in [1.165, 1.54) is 0 Å². The molecule has 0 aliphatic rings. The van der Waals surface area contributed by atoms with Crippen LogP contribution in [0.5, 0.6) is 0 Å². The number of halogens is 2. The summed E-state index contributed by atoms with van der Waals surface area (Å²) < 4.78 is 7.05. The number of hydrogen-bond acceptors (Lipinski definition) is 3. The third kappa shape index (κ3) is 2.95. The zero-order valence-electron chi connectivity index (χ0n) is 9.63. The molecule has 0 radical (unpaired) electrons. The van der Waals surface area contributed by atoms with Gasteiger partial charge in [0, 0.05) is 5.69 Å². The number of benzene rings is 1. The zero-order valence-corrected chi connectivity index (χ0v) is 12.8. The highest BCUT2D eigenvalue weighted by Gasteiger charge is 2.06. The molecular weight excluding hydrogens is 360 g/mol. The first-order valence-electron chi connectivity index (χ1n) is 5.28. The molecule has 0 amide bonds. The second-order valence-corrected chi connectivity index (χ2v) is 5.40. The van der Waals surface area contributed by atoms with Crippen LogP contribution >= 0.6 is 31.9 Å². The van der Waals surface area contributed by atoms with Crippen LogP contribution in [0, 0.1) is 18.3 Å². The number of anilines is 1. The molecular formula is C13H10Br2N2O. The van der Waals surface area contributed by atoms with Crippen molar-refractivity contribution >= 4 is 37.5 Å². The number of rotatable bonds is 3. The number of furan rings is 1. The van der Waals surface area contributed by atoms with Crippen molar-refractivity contribution in [1.82, 2.24) is 0 Å². The van der Waals surface area contributed by atoms with Crippen molar-refractivity contribution in [2.24, 2.45) is 0 Å². The summed E-state index contributed by atoms with van der Waals surface area (Å²) in [6.45, 7) is 2.57. The highest BCUT2D eigenvalue weighted by molar-refractivity contribution is 9.13. The van der Waals surface area contributed by atoms with Gasteiger partial charge in [-0.05, 0) is 62.5 Å². The van der Waals surface area contributed by atoms with E-state index in [9.17, 15) is 0 Å². The Balaban J connectivity index is 2.13. The van der Waals surface area contributed by atoms with E-state index in [1.54, 1.807) is 6.07 Å². The second-order valence-electron chi connectivity index (χ2n) is 3.83. The number of hydrogen-bond donors (Lipinski definition) is 1. The summed E-state index contributed by atoms with van der Waals surface area (Å²) >= 11 is 6.66. The fourth-order valence-electron chi connectivity index (χ4n) is 1.54. The molecule has 18 heavy (non-hydrogen) atoms. The molecule has 0 saturated carbocycles. The lowest BCUT2D eigenvalue weighted by molar-refractivity contribution is 0.494. The maximum Gasteiger partial charge on any atom is 0.183 e. The Morgan fingerprint density at radius 3 is 2.72 bits per heavy atom. The standard InChI is InChI=1S/C13H10Br2N2O/c1-8-2-3-9(6-16)4-12(8)17-7-10-5-11(14)13(15)18-10/h2-5,17H,7H2,1H3. The van der Waals surface area contributed by atoms with Gasteiger partial charge >= 0.3 is 0 Å². The molecule has 0 spiro atoms. The summed E-state index contributed by atoms with van der Waals surface area (Å²) in [6.07, 6.45) is 0. The minimum Gasteiger partial charge on any atom is -0.451 e. The highest BCUT2D eigenvalue weighted by Crippen LogP contribution is 2.27. The molecule has 2 rings (SSSR count). The van der Waals surface area contributed by atoms with Gasteiger partial charge < -0.3 is 9.73 Å². The van der Waals surface area contributed by atoms with Crippen LogP contribution in [0.15, 0.2) is 37.8 Å². The predicted molar refractivity (Wildman–Crippen MR) is 77.3 cm³/mol. The van der Waals surface area contributed by atoms with E-state index >= 15 is 0 Å². The normalized spacial score (nSPS) is 10.1. The van der Waals surface area contributed by atoms with Crippen LogP contribution in [0.2, 0.25) is 0 Å². The third-order valence-electron chi connectivity index (χ3n) is 2.52. The summed E-state index contributed by atoms with van der Waals surface area (Å²) in [5, 5.41) is 12.1. The molecule has 0 aliphatic heterocycles. The fourth-order valence-corrected chi connectivity index (χ4v) is 2.20. The molecule has 2 aromatic rings. The topological polar surface area (TPSA) is 49.0 Å². The van der Waals surface area contributed by atoms with Crippen LogP contribution in [-0.4, -0.2) is 0 Å². The molecule has 3 nitrogen and oxygen atoms in total. The first-order valence-corrected chi connectivity index (χ1v) is 6.87. The Labute approximate surface area is 122 Å². The van der Waals surface area contributed by atoms with Gasteiger partial charge in [0.1, 0.15) is 5.76 Å². The van der Waals surface area contributed by atoms with Crippen molar-refractivity contribution in [3.63, 3.8) is 0 Å². The van der Waals surface area contributed by atoms with Gasteiger partial charge in [-0.15, -0.1) is 0 Å². The fraction of sp³-hybridized carbons (Fsp3) is 0.154. The molecule has 1 aromatic heterocycles. The van der Waals surface area contributed by atoms with Gasteiger partial charge in [0.05, 0.1) is 22.7 Å². The molecule has 0 unspecified atom stereocenters. The van der Waals surface area contributed by atoms with Crippen LogP contribution in [0.1, 0.15) is 16.9 Å². The average molecular weight is 370 g/mol. The molecule has 5 heteroatoms. The van der Waals surface area contributed by atoms with Gasteiger partial charge in [0.25, 0.3) is 0 Å². The van der Waals surface area contributed by atoms with Crippen LogP contribution in [0.4, 0.5) is 5.69 Å². The number of nitrogens with one attached hydrogen (secondary N) is 1. The highest BCUT2D eigenvalue weighted by atomic mass is 79.9. The monoisotopic (exact) mass is 368 g/mol. The van der Waals surface area contributed by atoms with Gasteiger partial charge in [0.2, 0.25) is 0 Å². The van der Waals surface area contributed by atoms with Crippen LogP contribution in [0.25, 0.3) is 0 Å². The Hall–Kier alpha value is -1.25. The quantitative estimate of drug-likeness (QED) is 0.860. The van der Waals surface area contributed by atoms with Crippen molar-refractivity contribution in [2.75, 3.05) is 5.32 Å².